The number of hydrogen-bond acceptors (Lipinski definition) is 1. The zero-order chi connectivity index (χ0) is 12.6. The Kier molecular flexibility index (Phi) is 3.99. The van der Waals surface area contributed by atoms with Crippen LogP contribution in [0.4, 0.5) is 5.69 Å². The van der Waals surface area contributed by atoms with Gasteiger partial charge in [0.1, 0.15) is 6.04 Å². The van der Waals surface area contributed by atoms with Gasteiger partial charge in [-0.15, -0.1) is 0 Å². The number of rotatable bonds is 1. The molecule has 0 amide bonds. The molecule has 17 heavy (non-hydrogen) atoms. The molecule has 1 heterocycles. The van der Waals surface area contributed by atoms with E-state index in [-0.39, 0.29) is 6.04 Å². The van der Waals surface area contributed by atoms with Gasteiger partial charge in [0.05, 0.1) is 0 Å². The molecule has 1 nitrogen and oxygen atoms in total. The van der Waals surface area contributed by atoms with Crippen molar-refractivity contribution in [2.45, 2.75) is 16.8 Å². The van der Waals surface area contributed by atoms with Gasteiger partial charge in [-0.2, -0.15) is 0 Å². The second-order valence-corrected chi connectivity index (χ2v) is 7.10. The smallest absolute Gasteiger partial charge is 0.215 e. The van der Waals surface area contributed by atoms with Gasteiger partial charge in [0.25, 0.3) is 0 Å². The first-order chi connectivity index (χ1) is 7.95. The topological polar surface area (TPSA) is 3.24 Å². The molecule has 0 saturated heterocycles. The molecule has 1 aromatic carbocycles. The molecule has 0 radical (unpaired) electrons. The predicted molar refractivity (Wildman–Crippen MR) is 80.4 cm³/mol. The minimum absolute atomic E-state index is 0.285. The summed E-state index contributed by atoms with van der Waals surface area (Å²) in [6.45, 7) is 2.82. The fraction of sp³-hybridized carbons (Fsp3) is 0.333. The molecule has 0 aromatic heterocycles. The van der Waals surface area contributed by atoms with E-state index in [4.69, 9.17) is 34.8 Å². The Bertz CT molecular complexity index is 453. The fourth-order valence-electron chi connectivity index (χ4n) is 2.07. The van der Waals surface area contributed by atoms with Crippen LogP contribution in [0.25, 0.3) is 6.08 Å². The van der Waals surface area contributed by atoms with Crippen LogP contribution < -0.4 is 4.90 Å². The number of benzene rings is 1. The average Bonchev–Trinajstić information content (AvgIpc) is 2.25. The van der Waals surface area contributed by atoms with Gasteiger partial charge in [-0.1, -0.05) is 68.9 Å². The normalized spacial score (nSPS) is 19.9. The predicted octanol–water partition coefficient (Wildman–Crippen LogP) is 5.00. The summed E-state index contributed by atoms with van der Waals surface area (Å²) in [5.41, 5.74) is 2.22. The first-order valence-corrected chi connectivity index (χ1v) is 7.17. The summed E-state index contributed by atoms with van der Waals surface area (Å²) < 4.78 is -0.475. The first kappa shape index (κ1) is 13.5. The van der Waals surface area contributed by atoms with E-state index in [1.807, 2.05) is 37.3 Å². The van der Waals surface area contributed by atoms with Gasteiger partial charge >= 0.3 is 0 Å². The average molecular weight is 355 g/mol. The molecule has 1 aliphatic rings. The molecule has 0 aliphatic carbocycles. The zero-order valence-electron chi connectivity index (χ0n) is 9.13. The molecule has 1 atom stereocenters. The van der Waals surface area contributed by atoms with Crippen molar-refractivity contribution >= 4 is 62.5 Å². The van der Waals surface area contributed by atoms with Crippen LogP contribution in [-0.2, 0) is 0 Å². The van der Waals surface area contributed by atoms with Crippen LogP contribution in [-0.4, -0.2) is 16.4 Å². The van der Waals surface area contributed by atoms with Crippen LogP contribution in [0.3, 0.4) is 0 Å². The lowest BCUT2D eigenvalue weighted by atomic mass is 10.0. The molecule has 1 unspecified atom stereocenters. The Morgan fingerprint density at radius 2 is 1.94 bits per heavy atom. The van der Waals surface area contributed by atoms with Crippen LogP contribution in [0.2, 0.25) is 0 Å². The van der Waals surface area contributed by atoms with E-state index >= 15 is 0 Å². The molecule has 0 saturated carbocycles. The summed E-state index contributed by atoms with van der Waals surface area (Å²) in [6.07, 6.45) is 2.01. The maximum absolute atomic E-state index is 6.07. The lowest BCUT2D eigenvalue weighted by Crippen LogP contribution is -2.46. The Hall–Kier alpha value is 0.110. The monoisotopic (exact) mass is 353 g/mol. The van der Waals surface area contributed by atoms with E-state index in [2.05, 4.69) is 20.8 Å². The lowest BCUT2D eigenvalue weighted by Gasteiger charge is -2.40. The van der Waals surface area contributed by atoms with Crippen molar-refractivity contribution in [1.82, 2.24) is 0 Å². The van der Waals surface area contributed by atoms with Gasteiger partial charge in [-0.05, 0) is 24.6 Å². The number of fused-ring (bicyclic) bond motifs is 1. The van der Waals surface area contributed by atoms with E-state index in [9.17, 15) is 0 Å². The molecule has 0 bridgehead atoms. The second-order valence-electron chi connectivity index (χ2n) is 3.82. The molecular weight excluding hydrogens is 344 g/mol. The number of hydrogen-bond donors (Lipinski definition) is 0. The SMILES string of the molecule is CCN1c2ccccc2C=C(Br)C1C(Cl)(Cl)Cl. The number of likely N-dealkylation sites (N-methyl/N-ethyl adjacent to an activating group) is 1. The highest BCUT2D eigenvalue weighted by atomic mass is 79.9. The van der Waals surface area contributed by atoms with Crippen LogP contribution in [0.5, 0.6) is 0 Å². The Morgan fingerprint density at radius 3 is 2.53 bits per heavy atom. The summed E-state index contributed by atoms with van der Waals surface area (Å²) >= 11 is 21.7. The van der Waals surface area contributed by atoms with Gasteiger partial charge in [-0.3, -0.25) is 0 Å². The minimum Gasteiger partial charge on any atom is -0.359 e. The van der Waals surface area contributed by atoms with Gasteiger partial charge in [0.15, 0.2) is 0 Å². The summed E-state index contributed by atoms with van der Waals surface area (Å²) in [6, 6.07) is 7.79. The van der Waals surface area contributed by atoms with Crippen molar-refractivity contribution in [2.24, 2.45) is 0 Å². The number of halogens is 4. The highest BCUT2D eigenvalue weighted by molar-refractivity contribution is 9.11. The first-order valence-electron chi connectivity index (χ1n) is 5.24. The van der Waals surface area contributed by atoms with Gasteiger partial charge in [0.2, 0.25) is 3.79 Å². The fourth-order valence-corrected chi connectivity index (χ4v) is 4.01. The second kappa shape index (κ2) is 5.00. The number of anilines is 1. The van der Waals surface area contributed by atoms with Crippen LogP contribution >= 0.6 is 50.7 Å². The molecule has 2 rings (SSSR count). The van der Waals surface area contributed by atoms with Crippen molar-refractivity contribution in [3.8, 4) is 0 Å². The van der Waals surface area contributed by atoms with Crippen molar-refractivity contribution < 1.29 is 0 Å². The standard InChI is InChI=1S/C12H11BrCl3N/c1-2-17-10-6-4-3-5-8(10)7-9(13)11(17)12(14,15)16/h3-7,11H,2H2,1H3. The number of alkyl halides is 3. The van der Waals surface area contributed by atoms with Crippen LogP contribution in [0.1, 0.15) is 12.5 Å². The molecule has 0 fully saturated rings. The molecule has 5 heteroatoms. The molecule has 1 aliphatic heterocycles. The van der Waals surface area contributed by atoms with E-state index in [0.29, 0.717) is 0 Å². The Balaban J connectivity index is 2.54. The third-order valence-corrected chi connectivity index (χ3v) is 4.05. The molecule has 0 spiro atoms. The summed E-state index contributed by atoms with van der Waals surface area (Å²) in [7, 11) is 0. The van der Waals surface area contributed by atoms with E-state index in [1.54, 1.807) is 0 Å². The largest absolute Gasteiger partial charge is 0.359 e. The zero-order valence-corrected chi connectivity index (χ0v) is 13.0. The Labute approximate surface area is 124 Å². The number of nitrogens with zero attached hydrogens (tertiary/aromatic N) is 1. The van der Waals surface area contributed by atoms with Crippen molar-refractivity contribution in [1.29, 1.82) is 0 Å². The number of para-hydroxylation sites is 1. The third kappa shape index (κ3) is 2.60. The van der Waals surface area contributed by atoms with Crippen LogP contribution in [0, 0.1) is 0 Å². The van der Waals surface area contributed by atoms with Gasteiger partial charge in [-0.25, -0.2) is 0 Å². The maximum Gasteiger partial charge on any atom is 0.215 e. The summed E-state index contributed by atoms with van der Waals surface area (Å²) in [5.74, 6) is 0. The quantitative estimate of drug-likeness (QED) is 0.641. The third-order valence-electron chi connectivity index (χ3n) is 2.76. The van der Waals surface area contributed by atoms with E-state index < -0.39 is 3.79 Å². The van der Waals surface area contributed by atoms with Crippen molar-refractivity contribution in [2.75, 3.05) is 11.4 Å². The molecule has 0 N–H and O–H groups in total. The van der Waals surface area contributed by atoms with Gasteiger partial charge in [0, 0.05) is 16.7 Å². The highest BCUT2D eigenvalue weighted by Gasteiger charge is 2.41. The lowest BCUT2D eigenvalue weighted by molar-refractivity contribution is 0.705. The molecular formula is C12H11BrCl3N. The molecule has 1 aromatic rings. The van der Waals surface area contributed by atoms with Gasteiger partial charge < -0.3 is 4.90 Å². The summed E-state index contributed by atoms with van der Waals surface area (Å²) in [4.78, 5) is 2.09. The van der Waals surface area contributed by atoms with Crippen molar-refractivity contribution in [3.05, 3.63) is 34.3 Å². The van der Waals surface area contributed by atoms with Crippen molar-refractivity contribution in [3.63, 3.8) is 0 Å². The highest BCUT2D eigenvalue weighted by Crippen LogP contribution is 2.45. The van der Waals surface area contributed by atoms with E-state index in [0.717, 1.165) is 22.3 Å². The minimum atomic E-state index is -1.36. The van der Waals surface area contributed by atoms with E-state index in [1.165, 1.54) is 0 Å². The Morgan fingerprint density at radius 1 is 1.29 bits per heavy atom. The molecule has 92 valence electrons. The van der Waals surface area contributed by atoms with Crippen LogP contribution in [0.15, 0.2) is 28.7 Å². The maximum atomic E-state index is 6.07. The summed E-state index contributed by atoms with van der Waals surface area (Å²) in [5, 5.41) is 0.